The minimum Gasteiger partial charge on any atom is -0.480 e. The van der Waals surface area contributed by atoms with Gasteiger partial charge in [-0.15, -0.1) is 0 Å². The Labute approximate surface area is 145 Å². The van der Waals surface area contributed by atoms with E-state index in [1.54, 1.807) is 31.2 Å². The molecule has 10 heteroatoms. The number of benzene rings is 1. The number of carbonyl (C=O) groups is 2. The molecule has 2 N–H and O–H groups in total. The van der Waals surface area contributed by atoms with Crippen molar-refractivity contribution >= 4 is 23.5 Å². The first-order valence-corrected chi connectivity index (χ1v) is 7.37. The highest BCUT2D eigenvalue weighted by Gasteiger charge is 2.36. The second-order valence-electron chi connectivity index (χ2n) is 5.25. The summed E-state index contributed by atoms with van der Waals surface area (Å²) in [7, 11) is 0. The van der Waals surface area contributed by atoms with Crippen molar-refractivity contribution in [1.82, 2.24) is 15.1 Å². The number of hydrogen-bond donors (Lipinski definition) is 2. The minimum atomic E-state index is -4.73. The molecule has 6 nitrogen and oxygen atoms in total. The molecule has 0 aliphatic rings. The molecule has 0 fully saturated rings. The van der Waals surface area contributed by atoms with E-state index in [0.29, 0.717) is 16.4 Å². The molecule has 1 amide bonds. The number of aliphatic carboxylic acids is 1. The van der Waals surface area contributed by atoms with Gasteiger partial charge in [-0.25, -0.2) is 9.48 Å². The molecule has 1 heterocycles. The zero-order valence-electron chi connectivity index (χ0n) is 12.8. The zero-order chi connectivity index (χ0) is 18.8. The quantitative estimate of drug-likeness (QED) is 0.841. The lowest BCUT2D eigenvalue weighted by Crippen LogP contribution is -2.43. The maximum atomic E-state index is 12.4. The van der Waals surface area contributed by atoms with Crippen molar-refractivity contribution in [2.24, 2.45) is 0 Å². The summed E-state index contributed by atoms with van der Waals surface area (Å²) < 4.78 is 38.6. The normalized spacial score (nSPS) is 12.7. The number of amides is 1. The molecule has 0 aliphatic heterocycles. The average Bonchev–Trinajstić information content (AvgIpc) is 2.87. The van der Waals surface area contributed by atoms with Crippen molar-refractivity contribution < 1.29 is 27.9 Å². The van der Waals surface area contributed by atoms with Gasteiger partial charge in [0, 0.05) is 10.7 Å². The number of halogens is 4. The predicted molar refractivity (Wildman–Crippen MR) is 82.9 cm³/mol. The van der Waals surface area contributed by atoms with E-state index in [-0.39, 0.29) is 5.69 Å². The van der Waals surface area contributed by atoms with Crippen LogP contribution in [0.25, 0.3) is 5.69 Å². The van der Waals surface area contributed by atoms with Crippen LogP contribution in [0.2, 0.25) is 5.02 Å². The van der Waals surface area contributed by atoms with Gasteiger partial charge in [-0.3, -0.25) is 4.79 Å². The number of hydrogen-bond acceptors (Lipinski definition) is 3. The molecule has 1 aromatic heterocycles. The van der Waals surface area contributed by atoms with Crippen LogP contribution in [0.3, 0.4) is 0 Å². The fourth-order valence-electron chi connectivity index (χ4n) is 2.12. The third-order valence-corrected chi connectivity index (χ3v) is 3.45. The van der Waals surface area contributed by atoms with Crippen LogP contribution in [0.5, 0.6) is 0 Å². The van der Waals surface area contributed by atoms with Crippen molar-refractivity contribution in [1.29, 1.82) is 0 Å². The Hall–Kier alpha value is -2.55. The number of carboxylic acid groups (broad SMARTS) is 1. The number of carbonyl (C=O) groups excluding carboxylic acids is 1. The van der Waals surface area contributed by atoms with Gasteiger partial charge in [-0.1, -0.05) is 17.7 Å². The Morgan fingerprint density at radius 3 is 2.60 bits per heavy atom. The van der Waals surface area contributed by atoms with Gasteiger partial charge in [-0.2, -0.15) is 18.3 Å². The van der Waals surface area contributed by atoms with Gasteiger partial charge in [0.25, 0.3) is 5.91 Å². The van der Waals surface area contributed by atoms with E-state index in [1.165, 1.54) is 10.7 Å². The number of nitrogens with one attached hydrogen (secondary N) is 1. The van der Waals surface area contributed by atoms with E-state index in [4.69, 9.17) is 16.7 Å². The third kappa shape index (κ3) is 4.96. The standard InChI is InChI=1S/C15H13ClF3N3O3/c1-8-5-11(21-22(8)10-4-2-3-9(16)6-10)13(23)20-12(14(24)25)7-15(17,18)19/h2-6,12H,7H2,1H3,(H,20,23)(H,24,25). The Bertz CT molecular complexity index is 805. The topological polar surface area (TPSA) is 84.2 Å². The van der Waals surface area contributed by atoms with Gasteiger partial charge < -0.3 is 10.4 Å². The Morgan fingerprint density at radius 2 is 2.04 bits per heavy atom. The van der Waals surface area contributed by atoms with Crippen LogP contribution < -0.4 is 5.32 Å². The fraction of sp³-hybridized carbons (Fsp3) is 0.267. The molecule has 0 aliphatic carbocycles. The molecule has 1 aromatic carbocycles. The molecule has 25 heavy (non-hydrogen) atoms. The van der Waals surface area contributed by atoms with Crippen LogP contribution in [0.4, 0.5) is 13.2 Å². The number of alkyl halides is 3. The van der Waals surface area contributed by atoms with Crippen molar-refractivity contribution in [3.05, 3.63) is 46.7 Å². The smallest absolute Gasteiger partial charge is 0.391 e. The fourth-order valence-corrected chi connectivity index (χ4v) is 2.30. The second kappa shape index (κ2) is 7.14. The molecule has 2 rings (SSSR count). The summed E-state index contributed by atoms with van der Waals surface area (Å²) in [5.41, 5.74) is 0.870. The van der Waals surface area contributed by atoms with Crippen molar-refractivity contribution in [3.8, 4) is 5.69 Å². The molecular formula is C15H13ClF3N3O3. The van der Waals surface area contributed by atoms with E-state index < -0.39 is 30.5 Å². The second-order valence-corrected chi connectivity index (χ2v) is 5.68. The lowest BCUT2D eigenvalue weighted by atomic mass is 10.2. The van der Waals surface area contributed by atoms with E-state index in [0.717, 1.165) is 0 Å². The number of aryl methyl sites for hydroxylation is 1. The number of carboxylic acids is 1. The van der Waals surface area contributed by atoms with Crippen LogP contribution in [0, 0.1) is 6.92 Å². The van der Waals surface area contributed by atoms with Gasteiger partial charge in [0.05, 0.1) is 12.1 Å². The molecule has 0 saturated carbocycles. The number of rotatable bonds is 5. The highest BCUT2D eigenvalue weighted by molar-refractivity contribution is 6.30. The summed E-state index contributed by atoms with van der Waals surface area (Å²) in [4.78, 5) is 23.0. The zero-order valence-corrected chi connectivity index (χ0v) is 13.6. The minimum absolute atomic E-state index is 0.203. The van der Waals surface area contributed by atoms with Crippen LogP contribution in [-0.2, 0) is 4.79 Å². The molecule has 0 saturated heterocycles. The Balaban J connectivity index is 2.23. The summed E-state index contributed by atoms with van der Waals surface area (Å²) in [6, 6.07) is 5.82. The summed E-state index contributed by atoms with van der Waals surface area (Å²) in [6.07, 6.45) is -6.41. The highest BCUT2D eigenvalue weighted by atomic mass is 35.5. The SMILES string of the molecule is Cc1cc(C(=O)NC(CC(F)(F)F)C(=O)O)nn1-c1cccc(Cl)c1. The predicted octanol–water partition coefficient (Wildman–Crippen LogP) is 2.97. The van der Waals surface area contributed by atoms with Gasteiger partial charge in [0.1, 0.15) is 6.04 Å². The molecule has 1 unspecified atom stereocenters. The number of nitrogens with zero attached hydrogens (tertiary/aromatic N) is 2. The number of aromatic nitrogens is 2. The summed E-state index contributed by atoms with van der Waals surface area (Å²) in [5.74, 6) is -2.79. The molecular weight excluding hydrogens is 363 g/mol. The average molecular weight is 376 g/mol. The molecule has 2 aromatic rings. The maximum Gasteiger partial charge on any atom is 0.391 e. The van der Waals surface area contributed by atoms with Gasteiger partial charge in [-0.05, 0) is 31.2 Å². The lowest BCUT2D eigenvalue weighted by Gasteiger charge is -2.15. The van der Waals surface area contributed by atoms with E-state index in [2.05, 4.69) is 5.10 Å². The monoisotopic (exact) mass is 375 g/mol. The van der Waals surface area contributed by atoms with Gasteiger partial charge in [0.15, 0.2) is 5.69 Å². The van der Waals surface area contributed by atoms with Crippen molar-refractivity contribution in [2.45, 2.75) is 25.6 Å². The van der Waals surface area contributed by atoms with Crippen LogP contribution in [-0.4, -0.2) is 39.0 Å². The molecule has 1 atom stereocenters. The first-order valence-electron chi connectivity index (χ1n) is 7.00. The van der Waals surface area contributed by atoms with E-state index >= 15 is 0 Å². The Kier molecular flexibility index (Phi) is 5.36. The van der Waals surface area contributed by atoms with Crippen LogP contribution >= 0.6 is 11.6 Å². The van der Waals surface area contributed by atoms with E-state index in [9.17, 15) is 22.8 Å². The summed E-state index contributed by atoms with van der Waals surface area (Å²) in [5, 5.41) is 15.1. The summed E-state index contributed by atoms with van der Waals surface area (Å²) in [6.45, 7) is 1.63. The van der Waals surface area contributed by atoms with Gasteiger partial charge >= 0.3 is 12.1 Å². The first-order chi connectivity index (χ1) is 11.6. The molecule has 0 bridgehead atoms. The van der Waals surface area contributed by atoms with Crippen LogP contribution in [0.15, 0.2) is 30.3 Å². The first kappa shape index (κ1) is 18.8. The molecule has 0 spiro atoms. The summed E-state index contributed by atoms with van der Waals surface area (Å²) >= 11 is 5.89. The largest absolute Gasteiger partial charge is 0.480 e. The molecule has 134 valence electrons. The molecule has 0 radical (unpaired) electrons. The highest BCUT2D eigenvalue weighted by Crippen LogP contribution is 2.22. The van der Waals surface area contributed by atoms with Crippen LogP contribution in [0.1, 0.15) is 22.6 Å². The third-order valence-electron chi connectivity index (χ3n) is 3.21. The Morgan fingerprint density at radius 1 is 1.36 bits per heavy atom. The maximum absolute atomic E-state index is 12.4. The van der Waals surface area contributed by atoms with Gasteiger partial charge in [0.2, 0.25) is 0 Å². The lowest BCUT2D eigenvalue weighted by molar-refractivity contribution is -0.157. The van der Waals surface area contributed by atoms with E-state index in [1.807, 2.05) is 5.32 Å². The van der Waals surface area contributed by atoms with Crippen molar-refractivity contribution in [2.75, 3.05) is 0 Å². The van der Waals surface area contributed by atoms with Crippen molar-refractivity contribution in [3.63, 3.8) is 0 Å².